The maximum atomic E-state index is 15.5. The average molecular weight is 1600 g/mol. The third-order valence-corrected chi connectivity index (χ3v) is 20.7. The van der Waals surface area contributed by atoms with Crippen LogP contribution in [-0.4, -0.2) is 167 Å². The number of nitrogens with two attached hydrogens (primary N) is 3. The normalized spacial score (nSPS) is 15.8. The highest BCUT2D eigenvalue weighted by Crippen LogP contribution is 2.43. The van der Waals surface area contributed by atoms with Crippen molar-refractivity contribution in [1.29, 1.82) is 0 Å². The quantitative estimate of drug-likeness (QED) is 0.0410. The number of aromatic nitrogens is 9. The van der Waals surface area contributed by atoms with Crippen molar-refractivity contribution in [3.05, 3.63) is 248 Å². The zero-order valence-electron chi connectivity index (χ0n) is 63.4. The SMILES string of the molecule is C=CC(=O)N1CCC[C@@H](n2cc(-c3ccc(Oc4c(F)cccc4Cl)cc3)c3c(N)n[nH]c(=O)c32)C1.CN(C)C/C=C/C(=O)N1CCC[C@@H](n2cc(-c3ccc(Oc4c(F)cccc4Cl)cc3)c3c(N)n[nH]c(=O)c32)C1.CN(C)C/C=C/C(=O)N1CCC[C@@H](n2cc(-c3ccc(Oc4ccccc4)cc3F)c3c(N)n[nH]c(=O)c32)C1. The highest BCUT2D eigenvalue weighted by Gasteiger charge is 2.32. The van der Waals surface area contributed by atoms with Gasteiger partial charge >= 0.3 is 0 Å². The van der Waals surface area contributed by atoms with Gasteiger partial charge < -0.3 is 69.6 Å². The van der Waals surface area contributed by atoms with Gasteiger partial charge in [-0.2, -0.15) is 15.3 Å². The molecule has 3 saturated heterocycles. The highest BCUT2D eigenvalue weighted by molar-refractivity contribution is 6.32. The second kappa shape index (κ2) is 35.6. The Morgan fingerprint density at radius 3 is 1.23 bits per heavy atom. The first-order valence-corrected chi connectivity index (χ1v) is 37.9. The van der Waals surface area contributed by atoms with E-state index in [1.165, 1.54) is 36.4 Å². The van der Waals surface area contributed by atoms with E-state index in [1.54, 1.807) is 113 Å². The van der Waals surface area contributed by atoms with Crippen molar-refractivity contribution in [2.24, 2.45) is 0 Å². The van der Waals surface area contributed by atoms with Crippen LogP contribution in [0.2, 0.25) is 10.0 Å². The fourth-order valence-corrected chi connectivity index (χ4v) is 15.0. The zero-order chi connectivity index (χ0) is 81.3. The molecule has 0 aliphatic carbocycles. The molecule has 3 fully saturated rings. The minimum absolute atomic E-state index is 0.0520. The number of piperidine rings is 3. The number of fused-ring (bicyclic) bond motifs is 3. The number of amides is 3. The van der Waals surface area contributed by atoms with Crippen molar-refractivity contribution in [3.63, 3.8) is 0 Å². The molecule has 12 aromatic rings. The summed E-state index contributed by atoms with van der Waals surface area (Å²) in [6, 6.07) is 35.9. The van der Waals surface area contributed by atoms with Gasteiger partial charge in [0.15, 0.2) is 40.6 Å². The molecule has 0 spiro atoms. The van der Waals surface area contributed by atoms with Crippen molar-refractivity contribution in [2.75, 3.05) is 97.7 Å². The fourth-order valence-electron chi connectivity index (χ4n) is 14.6. The third-order valence-electron chi connectivity index (χ3n) is 20.1. The van der Waals surface area contributed by atoms with Gasteiger partial charge in [-0.3, -0.25) is 28.8 Å². The number of nitrogen functional groups attached to an aromatic ring is 3. The first-order valence-electron chi connectivity index (χ1n) is 37.2. The zero-order valence-corrected chi connectivity index (χ0v) is 64.9. The molecule has 115 heavy (non-hydrogen) atoms. The molecule has 0 saturated carbocycles. The summed E-state index contributed by atoms with van der Waals surface area (Å²) in [6.45, 7) is 8.18. The highest BCUT2D eigenvalue weighted by atomic mass is 35.5. The van der Waals surface area contributed by atoms with Crippen molar-refractivity contribution in [3.8, 4) is 67.9 Å². The number of anilines is 3. The molecular formula is C84H84Cl2F3N17O9. The molecule has 6 aromatic heterocycles. The number of nitrogens with one attached hydrogen (secondary N) is 3. The Bertz CT molecular complexity index is 5820. The summed E-state index contributed by atoms with van der Waals surface area (Å²) < 4.78 is 66.5. The number of carbonyl (C=O) groups is 3. The lowest BCUT2D eigenvalue weighted by atomic mass is 10.0. The average Bonchev–Trinajstić information content (AvgIpc) is 1.61. The van der Waals surface area contributed by atoms with E-state index in [9.17, 15) is 37.5 Å². The van der Waals surface area contributed by atoms with Gasteiger partial charge in [0.05, 0.1) is 44.3 Å². The number of likely N-dealkylation sites (tertiary alicyclic amines) is 3. The molecule has 0 bridgehead atoms. The van der Waals surface area contributed by atoms with Crippen LogP contribution in [0.3, 0.4) is 0 Å². The van der Waals surface area contributed by atoms with E-state index >= 15 is 4.39 Å². The van der Waals surface area contributed by atoms with Crippen molar-refractivity contribution >= 4 is 91.1 Å². The van der Waals surface area contributed by atoms with Gasteiger partial charge in [-0.05, 0) is 157 Å². The van der Waals surface area contributed by atoms with Crippen LogP contribution in [-0.2, 0) is 14.4 Å². The Hall–Kier alpha value is -12.7. The molecule has 3 aliphatic heterocycles. The fraction of sp³-hybridized carbons (Fsp3) is 0.250. The smallest absolute Gasteiger partial charge is 0.288 e. The van der Waals surface area contributed by atoms with Crippen LogP contribution in [0.25, 0.3) is 66.1 Å². The summed E-state index contributed by atoms with van der Waals surface area (Å²) in [6.07, 6.45) is 18.4. The largest absolute Gasteiger partial charge is 0.457 e. The molecule has 6 aromatic carbocycles. The Kier molecular flexibility index (Phi) is 24.8. The van der Waals surface area contributed by atoms with Crippen LogP contribution < -0.4 is 48.1 Å². The third kappa shape index (κ3) is 18.0. The maximum absolute atomic E-state index is 15.5. The topological polar surface area (TPSA) is 325 Å². The van der Waals surface area contributed by atoms with E-state index in [-0.39, 0.29) is 91.5 Å². The molecule has 3 amide bonds. The molecule has 0 unspecified atom stereocenters. The number of carbonyl (C=O) groups excluding carboxylic acids is 3. The van der Waals surface area contributed by atoms with Gasteiger partial charge in [-0.1, -0.05) is 96.5 Å². The van der Waals surface area contributed by atoms with Crippen LogP contribution in [0, 0.1) is 17.5 Å². The second-order valence-electron chi connectivity index (χ2n) is 28.5. The number of H-pyrrole nitrogens is 3. The van der Waals surface area contributed by atoms with Gasteiger partial charge in [0.1, 0.15) is 45.4 Å². The summed E-state index contributed by atoms with van der Waals surface area (Å²) in [5, 5.41) is 21.1. The predicted octanol–water partition coefficient (Wildman–Crippen LogP) is 13.9. The summed E-state index contributed by atoms with van der Waals surface area (Å²) in [4.78, 5) is 86.0. The van der Waals surface area contributed by atoms with Crippen LogP contribution in [0.4, 0.5) is 30.6 Å². The standard InChI is InChI=1S/C29H30ClFN6O3.C29H31FN6O3.C26H23ClFN5O3/c1-35(2)14-5-9-24(38)36-15-4-6-19(16-36)37-17-21(25-26(37)29(39)34-33-28(25)32)18-10-12-20(13-11-18)40-27-22(30)7-3-8-23(27)31;1-34(2)14-7-11-25(37)35-15-6-8-19(17-35)36-18-23(26-27(36)29(38)33-32-28(26)31)22-13-12-21(16-24(22)30)39-20-9-4-3-5-10-20;1-2-21(34)32-12-4-5-16(13-32)33-14-18(22-23(33)26(35)31-30-25(22)29)15-8-10-17(11-9-15)36-24-19(27)6-3-7-20(24)28/h3,5,7-13,17,19H,4,6,14-16H2,1-2H3,(H2,32,33)(H,34,39);3-5,7,9-13,16,18-19H,6,8,14-15,17H2,1-2H3,(H2,31,32)(H,33,38);2-3,6-11,14,16H,1,4-5,12-13H2,(H2,29,30)(H,31,35)/b9-5+;11-7+;/t2*19-;16-/m111/s1. The molecule has 3 aliphatic rings. The Morgan fingerprint density at radius 1 is 0.478 bits per heavy atom. The lowest BCUT2D eigenvalue weighted by Gasteiger charge is -2.33. The van der Waals surface area contributed by atoms with E-state index in [2.05, 4.69) is 37.2 Å². The maximum Gasteiger partial charge on any atom is 0.288 e. The number of hydrogen-bond acceptors (Lipinski definition) is 17. The van der Waals surface area contributed by atoms with E-state index in [1.807, 2.05) is 99.3 Å². The monoisotopic (exact) mass is 1600 g/mol. The summed E-state index contributed by atoms with van der Waals surface area (Å²) in [5.41, 5.74) is 22.4. The summed E-state index contributed by atoms with van der Waals surface area (Å²) >= 11 is 12.2. The molecule has 31 heteroatoms. The number of benzene rings is 6. The molecule has 26 nitrogen and oxygen atoms in total. The lowest BCUT2D eigenvalue weighted by molar-refractivity contribution is -0.128. The van der Waals surface area contributed by atoms with E-state index in [0.29, 0.717) is 119 Å². The van der Waals surface area contributed by atoms with Gasteiger partial charge in [0.25, 0.3) is 16.7 Å². The second-order valence-corrected chi connectivity index (χ2v) is 29.3. The minimum Gasteiger partial charge on any atom is -0.457 e. The molecule has 15 rings (SSSR count). The van der Waals surface area contributed by atoms with Gasteiger partial charge in [0, 0.05) is 111 Å². The van der Waals surface area contributed by atoms with Crippen molar-refractivity contribution in [1.82, 2.24) is 68.8 Å². The number of rotatable bonds is 19. The Labute approximate surface area is 668 Å². The van der Waals surface area contributed by atoms with Crippen LogP contribution in [0.5, 0.6) is 34.5 Å². The molecule has 9 heterocycles. The summed E-state index contributed by atoms with van der Waals surface area (Å²) in [7, 11) is 7.76. The van der Waals surface area contributed by atoms with Gasteiger partial charge in [-0.15, -0.1) is 0 Å². The van der Waals surface area contributed by atoms with Crippen LogP contribution in [0.1, 0.15) is 56.7 Å². The van der Waals surface area contributed by atoms with Gasteiger partial charge in [0.2, 0.25) is 17.7 Å². The number of para-hydroxylation sites is 3. The number of halogens is 5. The van der Waals surface area contributed by atoms with Crippen molar-refractivity contribution < 1.29 is 41.8 Å². The van der Waals surface area contributed by atoms with E-state index in [0.717, 1.165) is 55.2 Å². The van der Waals surface area contributed by atoms with Crippen molar-refractivity contribution in [2.45, 2.75) is 56.7 Å². The number of likely N-dealkylation sites (N-methyl/N-ethyl adjacent to an activating group) is 2. The van der Waals surface area contributed by atoms with E-state index in [4.69, 9.17) is 54.6 Å². The predicted molar refractivity (Wildman–Crippen MR) is 440 cm³/mol. The number of nitrogens with zero attached hydrogens (tertiary/aromatic N) is 11. The van der Waals surface area contributed by atoms with Gasteiger partial charge in [-0.25, -0.2) is 28.5 Å². The molecular weight excluding hydrogens is 1520 g/mol. The van der Waals surface area contributed by atoms with E-state index < -0.39 is 23.0 Å². The molecule has 3 atom stereocenters. The lowest BCUT2D eigenvalue weighted by Crippen LogP contribution is -2.40. The number of hydrogen-bond donors (Lipinski definition) is 6. The Morgan fingerprint density at radius 2 is 0.852 bits per heavy atom. The molecule has 9 N–H and O–H groups in total. The minimum atomic E-state index is -0.566. The Balaban J connectivity index is 0.000000150. The molecule has 594 valence electrons. The molecule has 0 radical (unpaired) electrons. The van der Waals surface area contributed by atoms with Crippen LogP contribution in [0.15, 0.2) is 203 Å². The summed E-state index contributed by atoms with van der Waals surface area (Å²) in [5.74, 6) is 0.171. The number of ether oxygens (including phenoxy) is 3. The first-order chi connectivity index (χ1) is 55.4. The van der Waals surface area contributed by atoms with Crippen LogP contribution >= 0.6 is 23.2 Å². The first kappa shape index (κ1) is 80.4. The number of aromatic amines is 3.